The van der Waals surface area contributed by atoms with E-state index in [1.807, 2.05) is 19.1 Å². The van der Waals surface area contributed by atoms with E-state index in [0.717, 1.165) is 43.3 Å². The molecule has 16 heteroatoms. The zero-order valence-electron chi connectivity index (χ0n) is 23.7. The van der Waals surface area contributed by atoms with Crippen molar-refractivity contribution in [3.63, 3.8) is 0 Å². The van der Waals surface area contributed by atoms with Gasteiger partial charge in [-0.15, -0.1) is 0 Å². The summed E-state index contributed by atoms with van der Waals surface area (Å²) in [6.45, 7) is 1.90. The first kappa shape index (κ1) is 34.6. The lowest BCUT2D eigenvalue weighted by Gasteiger charge is -2.07. The molecule has 0 N–H and O–H groups in total. The number of esters is 2. The van der Waals surface area contributed by atoms with Crippen LogP contribution in [0, 0.1) is 6.92 Å². The predicted octanol–water partition coefficient (Wildman–Crippen LogP) is 4.39. The Balaban J connectivity index is 1.61. The van der Waals surface area contributed by atoms with Crippen molar-refractivity contribution in [1.82, 2.24) is 0 Å². The summed E-state index contributed by atoms with van der Waals surface area (Å²) in [5.74, 6) is -2.58. The first-order valence-corrected chi connectivity index (χ1v) is 17.5. The average Bonchev–Trinajstić information content (AvgIpc) is 3.00. The molecule has 0 saturated carbocycles. The normalized spacial score (nSPS) is 12.3. The van der Waals surface area contributed by atoms with Gasteiger partial charge in [0.05, 0.1) is 14.2 Å². The summed E-state index contributed by atoms with van der Waals surface area (Å²) in [4.78, 5) is 24.9. The number of ether oxygens (including phenoxy) is 2. The summed E-state index contributed by atoms with van der Waals surface area (Å²) >= 11 is 1.76. The van der Waals surface area contributed by atoms with E-state index in [9.17, 15) is 26.4 Å². The minimum atomic E-state index is -4.24. The first-order valence-electron chi connectivity index (χ1n) is 12.5. The van der Waals surface area contributed by atoms with Crippen LogP contribution in [0.5, 0.6) is 0 Å². The van der Waals surface area contributed by atoms with E-state index >= 15 is 0 Å². The molecule has 0 atom stereocenters. The van der Waals surface area contributed by atoms with Crippen molar-refractivity contribution in [3.05, 3.63) is 101 Å². The highest BCUT2D eigenvalue weighted by atomic mass is 32.2. The molecule has 44 heavy (non-hydrogen) atoms. The summed E-state index contributed by atoms with van der Waals surface area (Å²) in [6.07, 6.45) is 0. The van der Waals surface area contributed by atoms with E-state index < -0.39 is 43.7 Å². The minimum Gasteiger partial charge on any atom is -0.464 e. The minimum absolute atomic E-state index is 0.155. The fourth-order valence-electron chi connectivity index (χ4n) is 3.21. The summed E-state index contributed by atoms with van der Waals surface area (Å²) in [6, 6.07) is 21.7. The molecular formula is C28H28N2O10S4. The van der Waals surface area contributed by atoms with Gasteiger partial charge in [0.15, 0.2) is 0 Å². The van der Waals surface area contributed by atoms with Gasteiger partial charge >= 0.3 is 32.2 Å². The number of carbonyl (C=O) groups excluding carboxylic acids is 2. The number of oxime groups is 2. The van der Waals surface area contributed by atoms with E-state index in [1.54, 1.807) is 54.6 Å². The average molecular weight is 681 g/mol. The van der Waals surface area contributed by atoms with Gasteiger partial charge in [-0.1, -0.05) is 106 Å². The Morgan fingerprint density at radius 1 is 0.659 bits per heavy atom. The molecule has 12 nitrogen and oxygen atoms in total. The Morgan fingerprint density at radius 3 is 1.68 bits per heavy atom. The maximum Gasteiger partial charge on any atom is 0.367 e. The molecule has 0 aromatic heterocycles. The summed E-state index contributed by atoms with van der Waals surface area (Å²) in [5, 5.41) is 6.41. The van der Waals surface area contributed by atoms with Crippen molar-refractivity contribution < 1.29 is 44.5 Å². The second kappa shape index (κ2) is 16.3. The molecule has 0 heterocycles. The van der Waals surface area contributed by atoms with E-state index in [4.69, 9.17) is 8.57 Å². The maximum absolute atomic E-state index is 12.6. The first-order chi connectivity index (χ1) is 20.9. The predicted molar refractivity (Wildman–Crippen MR) is 168 cm³/mol. The van der Waals surface area contributed by atoms with E-state index in [-0.39, 0.29) is 15.8 Å². The molecule has 0 aliphatic carbocycles. The monoisotopic (exact) mass is 680 g/mol. The zero-order chi connectivity index (χ0) is 32.2. The van der Waals surface area contributed by atoms with Gasteiger partial charge in [0.25, 0.3) is 0 Å². The summed E-state index contributed by atoms with van der Waals surface area (Å²) in [7, 11) is -6.10. The molecule has 0 spiro atoms. The number of hydrogen-bond donors (Lipinski definition) is 0. The van der Waals surface area contributed by atoms with Crippen molar-refractivity contribution in [1.29, 1.82) is 0 Å². The molecule has 0 aliphatic rings. The molecule has 3 aromatic carbocycles. The van der Waals surface area contributed by atoms with Crippen molar-refractivity contribution in [2.75, 3.05) is 14.2 Å². The van der Waals surface area contributed by atoms with Crippen LogP contribution in [-0.2, 0) is 65.1 Å². The second-order valence-electron chi connectivity index (χ2n) is 8.84. The fourth-order valence-corrected chi connectivity index (χ4v) is 6.51. The van der Waals surface area contributed by atoms with Crippen LogP contribution in [0.25, 0.3) is 0 Å². The number of carbonyl (C=O) groups is 2. The summed E-state index contributed by atoms with van der Waals surface area (Å²) < 4.78 is 68.5. The van der Waals surface area contributed by atoms with Crippen molar-refractivity contribution >= 4 is 65.8 Å². The number of methoxy groups -OCH3 is 2. The molecule has 0 fully saturated rings. The number of nitrogens with zero attached hydrogens (tertiary/aromatic N) is 2. The molecular weight excluding hydrogens is 653 g/mol. The molecule has 3 aromatic rings. The third-order valence-corrected chi connectivity index (χ3v) is 9.26. The standard InChI is InChI=1S/C28H28N2O10S4/c1-20-9-15-24(16-10-20)42-26(28(32)38-3)30-40-44(35,36)19-23-13-11-21(12-14-23)17-41-25(27(31)37-2)29-39-43(33,34)18-22-7-5-4-6-8-22/h4-16H,17-19H2,1-3H3/b29-25-,30-26-. The van der Waals surface area contributed by atoms with Gasteiger partial charge in [-0.2, -0.15) is 16.8 Å². The van der Waals surface area contributed by atoms with E-state index in [2.05, 4.69) is 19.8 Å². The van der Waals surface area contributed by atoms with Crippen LogP contribution in [0.2, 0.25) is 0 Å². The smallest absolute Gasteiger partial charge is 0.367 e. The van der Waals surface area contributed by atoms with Crippen LogP contribution in [0.15, 0.2) is 94.1 Å². The summed E-state index contributed by atoms with van der Waals surface area (Å²) in [5.41, 5.74) is 2.50. The molecule has 0 radical (unpaired) electrons. The highest BCUT2D eigenvalue weighted by Crippen LogP contribution is 2.22. The topological polar surface area (TPSA) is 164 Å². The Kier molecular flexibility index (Phi) is 12.8. The van der Waals surface area contributed by atoms with E-state index in [1.165, 1.54) is 12.1 Å². The molecule has 3 rings (SSSR count). The van der Waals surface area contributed by atoms with Crippen LogP contribution in [-0.4, -0.2) is 53.1 Å². The number of rotatable bonds is 11. The maximum atomic E-state index is 12.6. The van der Waals surface area contributed by atoms with Gasteiger partial charge in [-0.05, 0) is 35.7 Å². The number of thioether (sulfide) groups is 2. The van der Waals surface area contributed by atoms with Gasteiger partial charge in [0, 0.05) is 10.6 Å². The lowest BCUT2D eigenvalue weighted by molar-refractivity contribution is -0.133. The van der Waals surface area contributed by atoms with Crippen LogP contribution < -0.4 is 0 Å². The highest BCUT2D eigenvalue weighted by molar-refractivity contribution is 8.15. The van der Waals surface area contributed by atoms with Crippen LogP contribution in [0.3, 0.4) is 0 Å². The van der Waals surface area contributed by atoms with Gasteiger partial charge in [-0.25, -0.2) is 9.59 Å². The molecule has 0 saturated heterocycles. The van der Waals surface area contributed by atoms with Crippen molar-refractivity contribution in [2.24, 2.45) is 10.3 Å². The van der Waals surface area contributed by atoms with E-state index in [0.29, 0.717) is 21.6 Å². The fraction of sp³-hybridized carbons (Fsp3) is 0.214. The van der Waals surface area contributed by atoms with Crippen LogP contribution >= 0.6 is 23.5 Å². The van der Waals surface area contributed by atoms with Gasteiger partial charge in [0.2, 0.25) is 10.1 Å². The molecule has 0 unspecified atom stereocenters. The quantitative estimate of drug-likeness (QED) is 0.0924. The van der Waals surface area contributed by atoms with Gasteiger partial charge in [-0.3, -0.25) is 8.57 Å². The second-order valence-corrected chi connectivity index (χ2v) is 14.0. The molecule has 0 bridgehead atoms. The molecule has 0 aliphatic heterocycles. The largest absolute Gasteiger partial charge is 0.464 e. The van der Waals surface area contributed by atoms with Gasteiger partial charge in [0.1, 0.15) is 11.5 Å². The lowest BCUT2D eigenvalue weighted by atomic mass is 10.2. The molecule has 0 amide bonds. The lowest BCUT2D eigenvalue weighted by Crippen LogP contribution is -2.15. The Morgan fingerprint density at radius 2 is 1.14 bits per heavy atom. The number of hydrogen-bond acceptors (Lipinski definition) is 14. The zero-order valence-corrected chi connectivity index (χ0v) is 27.0. The van der Waals surface area contributed by atoms with Crippen molar-refractivity contribution in [3.8, 4) is 0 Å². The third-order valence-electron chi connectivity index (χ3n) is 5.35. The van der Waals surface area contributed by atoms with Gasteiger partial charge < -0.3 is 9.47 Å². The number of benzene rings is 3. The van der Waals surface area contributed by atoms with Crippen molar-refractivity contribution in [2.45, 2.75) is 29.1 Å². The Hall–Kier alpha value is -3.86. The number of aryl methyl sites for hydroxylation is 1. The van der Waals surface area contributed by atoms with Crippen LogP contribution in [0.4, 0.5) is 0 Å². The molecule has 234 valence electrons. The Bertz CT molecular complexity index is 1710. The third kappa shape index (κ3) is 11.7. The van der Waals surface area contributed by atoms with Crippen LogP contribution in [0.1, 0.15) is 22.3 Å². The highest BCUT2D eigenvalue weighted by Gasteiger charge is 2.21. The Labute approximate surface area is 264 Å². The SMILES string of the molecule is COC(=O)/C(=N/OS(=O)(=O)Cc1ccccc1)SCc1ccc(CS(=O)(=O)O/N=C(\Sc2ccc(C)cc2)C(=O)OC)cc1.